The molecule has 3 rings (SSSR count). The van der Waals surface area contributed by atoms with Gasteiger partial charge in [-0.25, -0.2) is 9.59 Å². The third-order valence-corrected chi connectivity index (χ3v) is 4.07. The van der Waals surface area contributed by atoms with Gasteiger partial charge in [-0.2, -0.15) is 9.36 Å². The van der Waals surface area contributed by atoms with Crippen molar-refractivity contribution in [3.05, 3.63) is 63.6 Å². The van der Waals surface area contributed by atoms with E-state index in [1.54, 1.807) is 31.2 Å². The molecule has 9 heteroatoms. The van der Waals surface area contributed by atoms with Crippen LogP contribution < -0.4 is 15.2 Å². The van der Waals surface area contributed by atoms with Crippen molar-refractivity contribution in [3.63, 3.8) is 0 Å². The Morgan fingerprint density at radius 1 is 1.19 bits per heavy atom. The van der Waals surface area contributed by atoms with Gasteiger partial charge in [0.2, 0.25) is 0 Å². The normalized spacial score (nSPS) is 10.6. The summed E-state index contributed by atoms with van der Waals surface area (Å²) in [6.07, 6.45) is 0. The zero-order valence-electron chi connectivity index (χ0n) is 15.0. The van der Waals surface area contributed by atoms with Gasteiger partial charge in [-0.3, -0.25) is 0 Å². The first-order valence-corrected chi connectivity index (χ1v) is 8.04. The Hall–Kier alpha value is -3.62. The molecule has 0 aliphatic rings. The number of nitrogens with zero attached hydrogens (tertiary/aromatic N) is 4. The van der Waals surface area contributed by atoms with Crippen LogP contribution in [0.3, 0.4) is 0 Å². The van der Waals surface area contributed by atoms with E-state index in [1.165, 1.54) is 31.0 Å². The van der Waals surface area contributed by atoms with Gasteiger partial charge in [0, 0.05) is 7.05 Å². The van der Waals surface area contributed by atoms with Gasteiger partial charge in [0.1, 0.15) is 18.1 Å². The van der Waals surface area contributed by atoms with Gasteiger partial charge >= 0.3 is 11.7 Å². The second-order valence-electron chi connectivity index (χ2n) is 5.83. The maximum absolute atomic E-state index is 12.2. The number of aryl methyl sites for hydroxylation is 2. The van der Waals surface area contributed by atoms with Crippen LogP contribution in [0.4, 0.5) is 0 Å². The third-order valence-electron chi connectivity index (χ3n) is 4.07. The number of rotatable bonds is 6. The number of carbonyl (C=O) groups is 1. The van der Waals surface area contributed by atoms with Crippen LogP contribution in [0, 0.1) is 6.92 Å². The quantitative estimate of drug-likeness (QED) is 0.701. The average molecular weight is 370 g/mol. The van der Waals surface area contributed by atoms with E-state index in [2.05, 4.69) is 10.4 Å². The number of tetrazole rings is 1. The first kappa shape index (κ1) is 18.2. The van der Waals surface area contributed by atoms with Gasteiger partial charge in [0.15, 0.2) is 0 Å². The lowest BCUT2D eigenvalue weighted by molar-refractivity contribution is 0.0696. The molecule has 0 amide bonds. The summed E-state index contributed by atoms with van der Waals surface area (Å²) in [4.78, 5) is 23.3. The molecule has 1 N–H and O–H groups in total. The fourth-order valence-electron chi connectivity index (χ4n) is 2.65. The van der Waals surface area contributed by atoms with E-state index in [1.807, 2.05) is 0 Å². The molecule has 0 saturated heterocycles. The Morgan fingerprint density at radius 3 is 2.56 bits per heavy atom. The molecular formula is C18H18N4O5. The molecule has 0 unspecified atom stereocenters. The summed E-state index contributed by atoms with van der Waals surface area (Å²) in [5, 5.41) is 16.7. The second-order valence-corrected chi connectivity index (χ2v) is 5.83. The molecule has 0 aliphatic carbocycles. The highest BCUT2D eigenvalue weighted by Gasteiger charge is 2.16. The van der Waals surface area contributed by atoms with Crippen molar-refractivity contribution in [2.75, 3.05) is 7.11 Å². The van der Waals surface area contributed by atoms with Crippen molar-refractivity contribution in [1.29, 1.82) is 0 Å². The molecule has 0 bridgehead atoms. The van der Waals surface area contributed by atoms with Gasteiger partial charge in [0.25, 0.3) is 0 Å². The molecule has 2 aromatic carbocycles. The zero-order chi connectivity index (χ0) is 19.6. The summed E-state index contributed by atoms with van der Waals surface area (Å²) >= 11 is 0. The van der Waals surface area contributed by atoms with Crippen LogP contribution in [0.15, 0.2) is 41.2 Å². The Bertz CT molecular complexity index is 1050. The summed E-state index contributed by atoms with van der Waals surface area (Å²) in [6.45, 7) is 1.85. The summed E-state index contributed by atoms with van der Waals surface area (Å²) in [7, 11) is 3.03. The smallest absolute Gasteiger partial charge is 0.368 e. The molecule has 140 valence electrons. The fraction of sp³-hybridized carbons (Fsp3) is 0.222. The van der Waals surface area contributed by atoms with Gasteiger partial charge in [-0.15, -0.1) is 0 Å². The maximum atomic E-state index is 12.2. The summed E-state index contributed by atoms with van der Waals surface area (Å²) in [6, 6.07) is 9.82. The Labute approximate surface area is 154 Å². The van der Waals surface area contributed by atoms with Crippen molar-refractivity contribution in [1.82, 2.24) is 19.8 Å². The molecule has 0 spiro atoms. The molecule has 0 saturated carbocycles. The van der Waals surface area contributed by atoms with Gasteiger partial charge in [-0.1, -0.05) is 6.07 Å². The van der Waals surface area contributed by atoms with E-state index >= 15 is 0 Å². The van der Waals surface area contributed by atoms with Crippen LogP contribution in [0.25, 0.3) is 5.69 Å². The largest absolute Gasteiger partial charge is 0.496 e. The number of methoxy groups -OCH3 is 1. The maximum Gasteiger partial charge on any atom is 0.368 e. The van der Waals surface area contributed by atoms with Crippen molar-refractivity contribution in [3.8, 4) is 17.2 Å². The van der Waals surface area contributed by atoms with Crippen molar-refractivity contribution in [2.24, 2.45) is 7.05 Å². The number of carboxylic acid groups (broad SMARTS) is 1. The molecule has 1 aromatic heterocycles. The van der Waals surface area contributed by atoms with Gasteiger partial charge in [0.05, 0.1) is 23.9 Å². The predicted octanol–water partition coefficient (Wildman–Crippen LogP) is 1.56. The number of benzene rings is 2. The number of aromatic nitrogens is 4. The van der Waals surface area contributed by atoms with Crippen LogP contribution in [0.1, 0.15) is 21.5 Å². The summed E-state index contributed by atoms with van der Waals surface area (Å²) < 4.78 is 13.6. The number of carboxylic acids is 1. The van der Waals surface area contributed by atoms with Crippen LogP contribution in [0.5, 0.6) is 11.5 Å². The number of hydrogen-bond acceptors (Lipinski definition) is 6. The first-order chi connectivity index (χ1) is 12.9. The third kappa shape index (κ3) is 3.52. The summed E-state index contributed by atoms with van der Waals surface area (Å²) in [5.74, 6) is 0.0619. The van der Waals surface area contributed by atoms with Crippen molar-refractivity contribution in [2.45, 2.75) is 13.5 Å². The zero-order valence-corrected chi connectivity index (χ0v) is 15.0. The lowest BCUT2D eigenvalue weighted by atomic mass is 10.1. The van der Waals surface area contributed by atoms with E-state index in [0.29, 0.717) is 28.3 Å². The van der Waals surface area contributed by atoms with Crippen LogP contribution in [-0.4, -0.2) is 38.0 Å². The molecule has 0 atom stereocenters. The first-order valence-electron chi connectivity index (χ1n) is 8.04. The van der Waals surface area contributed by atoms with Crippen LogP contribution in [0.2, 0.25) is 0 Å². The number of aromatic carboxylic acids is 1. The lowest BCUT2D eigenvalue weighted by Crippen LogP contribution is -2.23. The predicted molar refractivity (Wildman–Crippen MR) is 95.6 cm³/mol. The van der Waals surface area contributed by atoms with E-state index in [-0.39, 0.29) is 12.2 Å². The standard InChI is InChI=1S/C18H18N4O5/c1-11-9-12(17(23)24)7-8-15(11)27-10-13-14(5-4-6-16(13)26-3)22-18(25)21(2)19-20-22/h4-9H,10H2,1-3H3,(H,23,24). The molecule has 3 aromatic rings. The van der Waals surface area contributed by atoms with E-state index in [0.717, 1.165) is 4.68 Å². The SMILES string of the molecule is COc1cccc(-n2nnn(C)c2=O)c1COc1ccc(C(=O)O)cc1C. The van der Waals surface area contributed by atoms with E-state index in [4.69, 9.17) is 14.6 Å². The lowest BCUT2D eigenvalue weighted by Gasteiger charge is -2.15. The van der Waals surface area contributed by atoms with Crippen LogP contribution in [-0.2, 0) is 13.7 Å². The van der Waals surface area contributed by atoms with Crippen LogP contribution >= 0.6 is 0 Å². The molecule has 9 nitrogen and oxygen atoms in total. The minimum atomic E-state index is -1.00. The van der Waals surface area contributed by atoms with Gasteiger partial charge in [-0.05, 0) is 53.2 Å². The fourth-order valence-corrected chi connectivity index (χ4v) is 2.65. The van der Waals surface area contributed by atoms with Gasteiger partial charge < -0.3 is 14.6 Å². The molecule has 0 aliphatic heterocycles. The Balaban J connectivity index is 1.96. The molecule has 0 fully saturated rings. The van der Waals surface area contributed by atoms with E-state index < -0.39 is 11.7 Å². The highest BCUT2D eigenvalue weighted by molar-refractivity contribution is 5.88. The number of ether oxygens (including phenoxy) is 2. The molecule has 1 heterocycles. The minimum Gasteiger partial charge on any atom is -0.496 e. The van der Waals surface area contributed by atoms with E-state index in [9.17, 15) is 9.59 Å². The second kappa shape index (κ2) is 7.32. The molecule has 27 heavy (non-hydrogen) atoms. The molecule has 0 radical (unpaired) electrons. The Morgan fingerprint density at radius 2 is 1.96 bits per heavy atom. The Kier molecular flexibility index (Phi) is 4.93. The average Bonchev–Trinajstić information content (AvgIpc) is 2.99. The van der Waals surface area contributed by atoms with Crippen molar-refractivity contribution >= 4 is 5.97 Å². The molecular weight excluding hydrogens is 352 g/mol. The monoisotopic (exact) mass is 370 g/mol. The highest BCUT2D eigenvalue weighted by Crippen LogP contribution is 2.27. The minimum absolute atomic E-state index is 0.0929. The number of hydrogen-bond donors (Lipinski definition) is 1. The topological polar surface area (TPSA) is 108 Å². The highest BCUT2D eigenvalue weighted by atomic mass is 16.5. The summed E-state index contributed by atoms with van der Waals surface area (Å²) in [5.41, 5.74) is 1.58. The van der Waals surface area contributed by atoms with Crippen molar-refractivity contribution < 1.29 is 19.4 Å².